The van der Waals surface area contributed by atoms with Crippen molar-refractivity contribution in [2.24, 2.45) is 11.8 Å². The van der Waals surface area contributed by atoms with Crippen LogP contribution in [0.4, 0.5) is 9.59 Å². The van der Waals surface area contributed by atoms with Gasteiger partial charge in [-0.25, -0.2) is 14.5 Å². The fourth-order valence-corrected chi connectivity index (χ4v) is 3.59. The summed E-state index contributed by atoms with van der Waals surface area (Å²) in [5, 5.41) is 12.0. The molecule has 1 aromatic rings. The van der Waals surface area contributed by atoms with Crippen LogP contribution in [0.1, 0.15) is 40.2 Å². The highest BCUT2D eigenvalue weighted by Gasteiger charge is 2.43. The van der Waals surface area contributed by atoms with E-state index in [2.05, 4.69) is 5.32 Å². The fourth-order valence-electron chi connectivity index (χ4n) is 3.59. The van der Waals surface area contributed by atoms with Crippen LogP contribution in [0, 0.1) is 11.8 Å². The number of imide groups is 1. The van der Waals surface area contributed by atoms with Crippen molar-refractivity contribution in [2.45, 2.75) is 59.4 Å². The van der Waals surface area contributed by atoms with Gasteiger partial charge in [-0.3, -0.25) is 9.59 Å². The summed E-state index contributed by atoms with van der Waals surface area (Å²) < 4.78 is 10.9. The Morgan fingerprint density at radius 3 is 2.33 bits per heavy atom. The zero-order valence-corrected chi connectivity index (χ0v) is 19.7. The summed E-state index contributed by atoms with van der Waals surface area (Å²) in [6.07, 6.45) is -1.97. The Balaban J connectivity index is 2.25. The molecule has 0 aliphatic carbocycles. The topological polar surface area (TPSA) is 125 Å². The Morgan fingerprint density at radius 1 is 1.18 bits per heavy atom. The standard InChI is InChI=1S/C23H33N3O7/c1-14(2)12-25(23(30)31)22(29)24-19(15(3)4)20(28)26-13-32-21(33-16(5)27)18(26)11-17-9-7-6-8-10-17/h6-10,14-15,18-19,21H,11-13H2,1-5H3,(H,24,29)(H,30,31). The number of urea groups is 1. The van der Waals surface area contributed by atoms with E-state index < -0.39 is 42.4 Å². The van der Waals surface area contributed by atoms with Gasteiger partial charge in [0.2, 0.25) is 12.2 Å². The average Bonchev–Trinajstić information content (AvgIpc) is 3.11. The van der Waals surface area contributed by atoms with Crippen LogP contribution in [-0.4, -0.2) is 70.6 Å². The van der Waals surface area contributed by atoms with Crippen LogP contribution in [0.3, 0.4) is 0 Å². The highest BCUT2D eigenvalue weighted by molar-refractivity contribution is 5.93. The quantitative estimate of drug-likeness (QED) is 0.568. The summed E-state index contributed by atoms with van der Waals surface area (Å²) in [4.78, 5) is 51.4. The molecule has 0 radical (unpaired) electrons. The Kier molecular flexibility index (Phi) is 9.22. The van der Waals surface area contributed by atoms with Gasteiger partial charge in [-0.2, -0.15) is 0 Å². The van der Waals surface area contributed by atoms with E-state index in [1.54, 1.807) is 27.7 Å². The molecular weight excluding hydrogens is 430 g/mol. The molecule has 3 atom stereocenters. The number of benzene rings is 1. The van der Waals surface area contributed by atoms with Gasteiger partial charge in [-0.15, -0.1) is 0 Å². The van der Waals surface area contributed by atoms with Crippen LogP contribution < -0.4 is 5.32 Å². The van der Waals surface area contributed by atoms with Gasteiger partial charge in [0.15, 0.2) is 0 Å². The molecule has 1 aliphatic rings. The lowest BCUT2D eigenvalue weighted by Gasteiger charge is -2.31. The highest BCUT2D eigenvalue weighted by Crippen LogP contribution is 2.25. The molecule has 10 heteroatoms. The number of amides is 4. The number of carboxylic acid groups (broad SMARTS) is 1. The van der Waals surface area contributed by atoms with Crippen molar-refractivity contribution in [1.82, 2.24) is 15.1 Å². The monoisotopic (exact) mass is 463 g/mol. The maximum absolute atomic E-state index is 13.5. The van der Waals surface area contributed by atoms with Crippen LogP contribution >= 0.6 is 0 Å². The first-order valence-corrected chi connectivity index (χ1v) is 10.9. The minimum absolute atomic E-state index is 0.00183. The van der Waals surface area contributed by atoms with Crippen molar-refractivity contribution in [2.75, 3.05) is 13.3 Å². The summed E-state index contributed by atoms with van der Waals surface area (Å²) in [5.74, 6) is -1.39. The Bertz CT molecular complexity index is 844. The molecule has 10 nitrogen and oxygen atoms in total. The molecule has 3 unspecified atom stereocenters. The van der Waals surface area contributed by atoms with Crippen LogP contribution in [0.15, 0.2) is 30.3 Å². The van der Waals surface area contributed by atoms with Crippen LogP contribution in [0.25, 0.3) is 0 Å². The Morgan fingerprint density at radius 2 is 1.82 bits per heavy atom. The zero-order chi connectivity index (χ0) is 24.7. The number of nitrogens with one attached hydrogen (secondary N) is 1. The molecule has 2 rings (SSSR count). The molecule has 0 spiro atoms. The lowest BCUT2D eigenvalue weighted by atomic mass is 10.00. The molecular formula is C23H33N3O7. The molecule has 0 saturated carbocycles. The van der Waals surface area contributed by atoms with E-state index in [1.807, 2.05) is 30.3 Å². The van der Waals surface area contributed by atoms with E-state index in [-0.39, 0.29) is 25.1 Å². The SMILES string of the molecule is CC(=O)OC1OCN(C(=O)C(NC(=O)N(CC(C)C)C(=O)O)C(C)C)C1Cc1ccccc1. The van der Waals surface area contributed by atoms with Crippen molar-refractivity contribution in [3.8, 4) is 0 Å². The first-order valence-electron chi connectivity index (χ1n) is 10.9. The molecule has 1 heterocycles. The lowest BCUT2D eigenvalue weighted by molar-refractivity contribution is -0.169. The maximum Gasteiger partial charge on any atom is 0.415 e. The molecule has 1 aromatic carbocycles. The second-order valence-corrected chi connectivity index (χ2v) is 8.80. The molecule has 33 heavy (non-hydrogen) atoms. The molecule has 0 bridgehead atoms. The van der Waals surface area contributed by atoms with Crippen LogP contribution in [-0.2, 0) is 25.5 Å². The summed E-state index contributed by atoms with van der Waals surface area (Å²) in [7, 11) is 0. The van der Waals surface area contributed by atoms with Gasteiger partial charge in [0.05, 0.1) is 0 Å². The predicted molar refractivity (Wildman–Crippen MR) is 119 cm³/mol. The van der Waals surface area contributed by atoms with Crippen LogP contribution in [0.5, 0.6) is 0 Å². The number of hydrogen-bond donors (Lipinski definition) is 2. The van der Waals surface area contributed by atoms with E-state index in [0.717, 1.165) is 5.56 Å². The summed E-state index contributed by atoms with van der Waals surface area (Å²) >= 11 is 0. The molecule has 0 aromatic heterocycles. The molecule has 182 valence electrons. The van der Waals surface area contributed by atoms with Gasteiger partial charge < -0.3 is 24.8 Å². The van der Waals surface area contributed by atoms with E-state index in [1.165, 1.54) is 11.8 Å². The van der Waals surface area contributed by atoms with Gasteiger partial charge in [0.25, 0.3) is 0 Å². The van der Waals surface area contributed by atoms with Crippen molar-refractivity contribution in [3.63, 3.8) is 0 Å². The number of nitrogens with zero attached hydrogens (tertiary/aromatic N) is 2. The zero-order valence-electron chi connectivity index (χ0n) is 19.7. The number of rotatable bonds is 8. The van der Waals surface area contributed by atoms with E-state index in [4.69, 9.17) is 9.47 Å². The van der Waals surface area contributed by atoms with Crippen molar-refractivity contribution in [3.05, 3.63) is 35.9 Å². The predicted octanol–water partition coefficient (Wildman–Crippen LogP) is 2.67. The third-order valence-corrected chi connectivity index (χ3v) is 5.18. The number of esters is 1. The molecule has 1 fully saturated rings. The second kappa shape index (κ2) is 11.6. The number of hydrogen-bond acceptors (Lipinski definition) is 6. The Labute approximate surface area is 193 Å². The van der Waals surface area contributed by atoms with Crippen molar-refractivity contribution in [1.29, 1.82) is 0 Å². The number of carbonyl (C=O) groups excluding carboxylic acids is 3. The fraction of sp³-hybridized carbons (Fsp3) is 0.565. The van der Waals surface area contributed by atoms with Gasteiger partial charge in [-0.1, -0.05) is 58.0 Å². The second-order valence-electron chi connectivity index (χ2n) is 8.80. The third-order valence-electron chi connectivity index (χ3n) is 5.18. The van der Waals surface area contributed by atoms with E-state index in [9.17, 15) is 24.3 Å². The van der Waals surface area contributed by atoms with Gasteiger partial charge >= 0.3 is 18.1 Å². The summed E-state index contributed by atoms with van der Waals surface area (Å²) in [6.45, 7) is 8.23. The lowest BCUT2D eigenvalue weighted by Crippen LogP contribution is -2.57. The van der Waals surface area contributed by atoms with Crippen molar-refractivity contribution >= 4 is 24.0 Å². The minimum atomic E-state index is -1.39. The normalized spacial score (nSPS) is 18.8. The molecule has 1 aliphatic heterocycles. The largest absolute Gasteiger partial charge is 0.465 e. The van der Waals surface area contributed by atoms with Gasteiger partial charge in [0, 0.05) is 13.5 Å². The smallest absolute Gasteiger partial charge is 0.415 e. The molecule has 2 N–H and O–H groups in total. The van der Waals surface area contributed by atoms with Crippen molar-refractivity contribution < 1.29 is 33.8 Å². The summed E-state index contributed by atoms with van der Waals surface area (Å²) in [6, 6.07) is 6.93. The van der Waals surface area contributed by atoms with E-state index in [0.29, 0.717) is 11.3 Å². The first-order chi connectivity index (χ1) is 15.5. The Hall–Kier alpha value is -3.14. The van der Waals surface area contributed by atoms with Gasteiger partial charge in [0.1, 0.15) is 18.8 Å². The molecule has 4 amide bonds. The average molecular weight is 464 g/mol. The highest BCUT2D eigenvalue weighted by atomic mass is 16.7. The number of carbonyl (C=O) groups is 4. The first kappa shape index (κ1) is 26.1. The minimum Gasteiger partial charge on any atom is -0.465 e. The molecule has 1 saturated heterocycles. The van der Waals surface area contributed by atoms with E-state index >= 15 is 0 Å². The van der Waals surface area contributed by atoms with Gasteiger partial charge in [-0.05, 0) is 23.8 Å². The number of ether oxygens (including phenoxy) is 2. The third kappa shape index (κ3) is 7.18. The maximum atomic E-state index is 13.5. The van der Waals surface area contributed by atoms with Crippen LogP contribution in [0.2, 0.25) is 0 Å². The summed E-state index contributed by atoms with van der Waals surface area (Å²) in [5.41, 5.74) is 0.919.